The highest BCUT2D eigenvalue weighted by atomic mass is 79.9. The summed E-state index contributed by atoms with van der Waals surface area (Å²) >= 11 is 9.31. The van der Waals surface area contributed by atoms with Crippen LogP contribution in [0.2, 0.25) is 5.02 Å². The van der Waals surface area contributed by atoms with Crippen LogP contribution in [0, 0.1) is 0 Å². The van der Waals surface area contributed by atoms with Crippen LogP contribution in [-0.4, -0.2) is 29.9 Å². The highest BCUT2D eigenvalue weighted by Crippen LogP contribution is 2.36. The van der Waals surface area contributed by atoms with E-state index in [2.05, 4.69) is 26.3 Å². The zero-order valence-electron chi connectivity index (χ0n) is 11.6. The SMILES string of the molecule is COc1cc(NC(=O)c2nn(C)cc2Br)c(OC)cc1Cl. The van der Waals surface area contributed by atoms with Crippen LogP contribution in [0.4, 0.5) is 5.69 Å². The molecule has 0 saturated carbocycles. The van der Waals surface area contributed by atoms with Gasteiger partial charge in [-0.2, -0.15) is 5.10 Å². The summed E-state index contributed by atoms with van der Waals surface area (Å²) in [6.07, 6.45) is 1.69. The predicted octanol–water partition coefficient (Wildman–Crippen LogP) is 3.11. The van der Waals surface area contributed by atoms with Crippen molar-refractivity contribution < 1.29 is 14.3 Å². The van der Waals surface area contributed by atoms with Crippen molar-refractivity contribution in [3.05, 3.63) is 33.5 Å². The first-order valence-electron chi connectivity index (χ1n) is 5.88. The highest BCUT2D eigenvalue weighted by molar-refractivity contribution is 9.10. The molecule has 0 radical (unpaired) electrons. The molecule has 0 bridgehead atoms. The number of halogens is 2. The van der Waals surface area contributed by atoms with Crippen LogP contribution in [0.3, 0.4) is 0 Å². The zero-order valence-corrected chi connectivity index (χ0v) is 13.9. The molecule has 1 aromatic heterocycles. The molecule has 0 aliphatic heterocycles. The molecule has 0 fully saturated rings. The molecule has 0 aliphatic rings. The van der Waals surface area contributed by atoms with E-state index in [9.17, 15) is 4.79 Å². The van der Waals surface area contributed by atoms with Gasteiger partial charge in [0.05, 0.1) is 29.4 Å². The van der Waals surface area contributed by atoms with Crippen LogP contribution in [0.5, 0.6) is 11.5 Å². The van der Waals surface area contributed by atoms with E-state index in [1.54, 1.807) is 30.1 Å². The monoisotopic (exact) mass is 373 g/mol. The van der Waals surface area contributed by atoms with E-state index in [1.165, 1.54) is 14.2 Å². The van der Waals surface area contributed by atoms with Crippen molar-refractivity contribution in [3.63, 3.8) is 0 Å². The minimum atomic E-state index is -0.370. The number of rotatable bonds is 4. The van der Waals surface area contributed by atoms with Crippen LogP contribution in [0.1, 0.15) is 10.5 Å². The molecule has 1 amide bonds. The van der Waals surface area contributed by atoms with Gasteiger partial charge in [0.2, 0.25) is 0 Å². The second-order valence-corrected chi connectivity index (χ2v) is 5.40. The van der Waals surface area contributed by atoms with Gasteiger partial charge in [0.15, 0.2) is 5.69 Å². The van der Waals surface area contributed by atoms with E-state index in [1.807, 2.05) is 0 Å². The minimum absolute atomic E-state index is 0.272. The lowest BCUT2D eigenvalue weighted by molar-refractivity contribution is 0.102. The van der Waals surface area contributed by atoms with Gasteiger partial charge in [0, 0.05) is 25.4 Å². The number of aryl methyl sites for hydroxylation is 1. The fraction of sp³-hybridized carbons (Fsp3) is 0.231. The molecule has 21 heavy (non-hydrogen) atoms. The quantitative estimate of drug-likeness (QED) is 0.893. The first kappa shape index (κ1) is 15.7. The number of hydrogen-bond donors (Lipinski definition) is 1. The fourth-order valence-electron chi connectivity index (χ4n) is 1.75. The summed E-state index contributed by atoms with van der Waals surface area (Å²) < 4.78 is 12.5. The molecular formula is C13H13BrClN3O3. The van der Waals surface area contributed by atoms with Crippen LogP contribution in [0.15, 0.2) is 22.8 Å². The van der Waals surface area contributed by atoms with Crippen molar-refractivity contribution in [2.75, 3.05) is 19.5 Å². The summed E-state index contributed by atoms with van der Waals surface area (Å²) in [4.78, 5) is 12.3. The number of benzene rings is 1. The molecule has 0 spiro atoms. The zero-order chi connectivity index (χ0) is 15.6. The van der Waals surface area contributed by atoms with Crippen molar-refractivity contribution in [3.8, 4) is 11.5 Å². The summed E-state index contributed by atoms with van der Waals surface area (Å²) in [6, 6.07) is 3.17. The average Bonchev–Trinajstić information content (AvgIpc) is 2.79. The molecule has 1 heterocycles. The Balaban J connectivity index is 2.34. The Morgan fingerprint density at radius 3 is 2.52 bits per heavy atom. The number of methoxy groups -OCH3 is 2. The van der Waals surface area contributed by atoms with Crippen LogP contribution in [-0.2, 0) is 7.05 Å². The molecule has 0 atom stereocenters. The number of ether oxygens (including phenoxy) is 2. The molecule has 0 aliphatic carbocycles. The van der Waals surface area contributed by atoms with Crippen molar-refractivity contribution in [1.29, 1.82) is 0 Å². The first-order valence-corrected chi connectivity index (χ1v) is 7.05. The highest BCUT2D eigenvalue weighted by Gasteiger charge is 2.18. The van der Waals surface area contributed by atoms with E-state index in [-0.39, 0.29) is 11.6 Å². The Hall–Kier alpha value is -1.73. The first-order chi connectivity index (χ1) is 9.96. The Kier molecular flexibility index (Phi) is 4.74. The van der Waals surface area contributed by atoms with Crippen molar-refractivity contribution in [2.24, 2.45) is 7.05 Å². The van der Waals surface area contributed by atoms with Gasteiger partial charge in [-0.1, -0.05) is 11.6 Å². The van der Waals surface area contributed by atoms with Crippen LogP contribution < -0.4 is 14.8 Å². The third-order valence-electron chi connectivity index (χ3n) is 2.72. The smallest absolute Gasteiger partial charge is 0.277 e. The van der Waals surface area contributed by atoms with Crippen molar-refractivity contribution >= 4 is 39.1 Å². The average molecular weight is 375 g/mol. The molecule has 112 valence electrons. The molecule has 0 unspecified atom stereocenters. The second-order valence-electron chi connectivity index (χ2n) is 4.14. The summed E-state index contributed by atoms with van der Waals surface area (Å²) in [5, 5.41) is 7.20. The van der Waals surface area contributed by atoms with Crippen LogP contribution in [0.25, 0.3) is 0 Å². The summed E-state index contributed by atoms with van der Waals surface area (Å²) in [6.45, 7) is 0. The van der Waals surface area contributed by atoms with Gasteiger partial charge >= 0.3 is 0 Å². The van der Waals surface area contributed by atoms with Gasteiger partial charge in [0.25, 0.3) is 5.91 Å². The molecule has 1 aromatic carbocycles. The maximum atomic E-state index is 12.3. The molecule has 2 aromatic rings. The Bertz CT molecular complexity index is 688. The third-order valence-corrected chi connectivity index (χ3v) is 3.60. The number of nitrogens with zero attached hydrogens (tertiary/aromatic N) is 2. The van der Waals surface area contributed by atoms with Gasteiger partial charge < -0.3 is 14.8 Å². The van der Waals surface area contributed by atoms with Crippen molar-refractivity contribution in [1.82, 2.24) is 9.78 Å². The normalized spacial score (nSPS) is 10.3. The van der Waals surface area contributed by atoms with E-state index < -0.39 is 0 Å². The van der Waals surface area contributed by atoms with E-state index >= 15 is 0 Å². The fourth-order valence-corrected chi connectivity index (χ4v) is 2.54. The van der Waals surface area contributed by atoms with Gasteiger partial charge in [-0.3, -0.25) is 9.48 Å². The van der Waals surface area contributed by atoms with Crippen molar-refractivity contribution in [2.45, 2.75) is 0 Å². The lowest BCUT2D eigenvalue weighted by Gasteiger charge is -2.12. The topological polar surface area (TPSA) is 65.4 Å². The van der Waals surface area contributed by atoms with Gasteiger partial charge in [-0.15, -0.1) is 0 Å². The second kappa shape index (κ2) is 6.36. The molecule has 2 rings (SSSR count). The number of anilines is 1. The molecule has 6 nitrogen and oxygen atoms in total. The summed E-state index contributed by atoms with van der Waals surface area (Å²) in [5.74, 6) is 0.499. The number of aromatic nitrogens is 2. The molecular weight excluding hydrogens is 362 g/mol. The van der Waals surface area contributed by atoms with Gasteiger partial charge in [-0.25, -0.2) is 0 Å². The minimum Gasteiger partial charge on any atom is -0.495 e. The number of hydrogen-bond acceptors (Lipinski definition) is 4. The van der Waals surface area contributed by atoms with Gasteiger partial charge in [-0.05, 0) is 15.9 Å². The van der Waals surface area contributed by atoms with E-state index in [0.29, 0.717) is 26.7 Å². The molecule has 8 heteroatoms. The van der Waals surface area contributed by atoms with E-state index in [4.69, 9.17) is 21.1 Å². The Morgan fingerprint density at radius 1 is 1.33 bits per heavy atom. The maximum absolute atomic E-state index is 12.3. The van der Waals surface area contributed by atoms with Gasteiger partial charge in [0.1, 0.15) is 11.5 Å². The predicted molar refractivity (Wildman–Crippen MR) is 83.4 cm³/mol. The number of carbonyl (C=O) groups is 1. The number of nitrogens with one attached hydrogen (secondary N) is 1. The number of amides is 1. The Morgan fingerprint density at radius 2 is 2.00 bits per heavy atom. The largest absolute Gasteiger partial charge is 0.495 e. The lowest BCUT2D eigenvalue weighted by Crippen LogP contribution is -2.14. The maximum Gasteiger partial charge on any atom is 0.277 e. The third kappa shape index (κ3) is 3.30. The number of carbonyl (C=O) groups excluding carboxylic acids is 1. The lowest BCUT2D eigenvalue weighted by atomic mass is 10.2. The van der Waals surface area contributed by atoms with Crippen LogP contribution >= 0.6 is 27.5 Å². The molecule has 0 saturated heterocycles. The summed E-state index contributed by atoms with van der Waals surface area (Å²) in [7, 11) is 4.71. The molecule has 1 N–H and O–H groups in total. The standard InChI is InChI=1S/C13H13BrClN3O3/c1-18-6-7(14)12(17-18)13(19)16-9-5-10(20-2)8(15)4-11(9)21-3/h4-6H,1-3H3,(H,16,19). The Labute approximate surface area is 135 Å². The summed E-state index contributed by atoms with van der Waals surface area (Å²) in [5.41, 5.74) is 0.717. The van der Waals surface area contributed by atoms with E-state index in [0.717, 1.165) is 0 Å².